The highest BCUT2D eigenvalue weighted by molar-refractivity contribution is 7.89. The zero-order valence-electron chi connectivity index (χ0n) is 13.9. The van der Waals surface area contributed by atoms with E-state index in [9.17, 15) is 17.2 Å². The van der Waals surface area contributed by atoms with Gasteiger partial charge in [0.25, 0.3) is 0 Å². The van der Waals surface area contributed by atoms with Gasteiger partial charge in [0.1, 0.15) is 4.90 Å². The number of halogens is 2. The first-order valence-corrected chi connectivity index (χ1v) is 8.88. The Kier molecular flexibility index (Phi) is 5.38. The molecule has 0 aromatic carbocycles. The van der Waals surface area contributed by atoms with E-state index in [2.05, 4.69) is 15.0 Å². The summed E-state index contributed by atoms with van der Waals surface area (Å²) in [4.78, 5) is -0.246. The van der Waals surface area contributed by atoms with E-state index in [-0.39, 0.29) is 22.8 Å². The van der Waals surface area contributed by atoms with Crippen LogP contribution >= 0.6 is 0 Å². The van der Waals surface area contributed by atoms with Crippen molar-refractivity contribution >= 4 is 10.0 Å². The number of nitrogens with zero attached hydrogens (tertiary/aromatic N) is 3. The fourth-order valence-electron chi connectivity index (χ4n) is 2.42. The molecule has 0 amide bonds. The van der Waals surface area contributed by atoms with Gasteiger partial charge in [-0.05, 0) is 26.2 Å². The van der Waals surface area contributed by atoms with Crippen molar-refractivity contribution in [3.8, 4) is 0 Å². The van der Waals surface area contributed by atoms with Crippen LogP contribution in [0.1, 0.15) is 43.2 Å². The summed E-state index contributed by atoms with van der Waals surface area (Å²) in [7, 11) is -4.00. The molecule has 0 saturated carbocycles. The van der Waals surface area contributed by atoms with Crippen molar-refractivity contribution < 1.29 is 21.7 Å². The summed E-state index contributed by atoms with van der Waals surface area (Å²) in [5, 5.41) is 7.45. The maximum atomic E-state index is 12.8. The zero-order chi connectivity index (χ0) is 18.1. The molecule has 0 aliphatic rings. The second-order valence-electron chi connectivity index (χ2n) is 5.93. The van der Waals surface area contributed by atoms with Gasteiger partial charge >= 0.3 is 6.55 Å². The van der Waals surface area contributed by atoms with Crippen molar-refractivity contribution in [2.24, 2.45) is 5.92 Å². The van der Waals surface area contributed by atoms with Gasteiger partial charge in [0.15, 0.2) is 5.76 Å². The van der Waals surface area contributed by atoms with Gasteiger partial charge in [-0.3, -0.25) is 0 Å². The minimum absolute atomic E-state index is 0.0124. The quantitative estimate of drug-likeness (QED) is 0.817. The molecular weight excluding hydrogens is 342 g/mol. The molecule has 2 rings (SSSR count). The lowest BCUT2D eigenvalue weighted by Crippen LogP contribution is -2.24. The molecule has 0 aliphatic heterocycles. The summed E-state index contributed by atoms with van der Waals surface area (Å²) < 4.78 is 58.3. The Morgan fingerprint density at radius 1 is 1.33 bits per heavy atom. The molecule has 2 aromatic rings. The maximum absolute atomic E-state index is 12.8. The zero-order valence-corrected chi connectivity index (χ0v) is 14.7. The van der Waals surface area contributed by atoms with Crippen molar-refractivity contribution in [1.29, 1.82) is 0 Å². The third-order valence-electron chi connectivity index (χ3n) is 3.37. The van der Waals surface area contributed by atoms with E-state index >= 15 is 0 Å². The molecule has 0 spiro atoms. The Bertz CT molecular complexity index is 812. The number of rotatable bonds is 7. The lowest BCUT2D eigenvalue weighted by Gasteiger charge is -2.06. The predicted molar refractivity (Wildman–Crippen MR) is 82.0 cm³/mol. The predicted octanol–water partition coefficient (Wildman–Crippen LogP) is 2.56. The average Bonchev–Trinajstić information content (AvgIpc) is 3.00. The SMILES string of the molecule is Cc1nn(C(F)F)c(C)c1S(=O)(=O)NCc1cc(CC(C)C)no1. The Labute approximate surface area is 139 Å². The summed E-state index contributed by atoms with van der Waals surface area (Å²) in [5.74, 6) is 0.746. The van der Waals surface area contributed by atoms with E-state index in [1.54, 1.807) is 6.07 Å². The number of aryl methyl sites for hydroxylation is 1. The van der Waals surface area contributed by atoms with Gasteiger partial charge in [-0.25, -0.2) is 17.8 Å². The van der Waals surface area contributed by atoms with Gasteiger partial charge in [-0.15, -0.1) is 0 Å². The van der Waals surface area contributed by atoms with Crippen LogP contribution in [0.25, 0.3) is 0 Å². The summed E-state index contributed by atoms with van der Waals surface area (Å²) in [6, 6.07) is 1.67. The minimum atomic E-state index is -4.00. The molecule has 2 heterocycles. The van der Waals surface area contributed by atoms with Crippen LogP contribution in [0.3, 0.4) is 0 Å². The molecule has 2 aromatic heterocycles. The molecule has 10 heteroatoms. The summed E-state index contributed by atoms with van der Waals surface area (Å²) in [6.45, 7) is 3.70. The van der Waals surface area contributed by atoms with Crippen LogP contribution in [0, 0.1) is 19.8 Å². The molecule has 0 saturated heterocycles. The number of hydrogen-bond donors (Lipinski definition) is 1. The number of hydrogen-bond acceptors (Lipinski definition) is 5. The first-order valence-electron chi connectivity index (χ1n) is 7.39. The Morgan fingerprint density at radius 2 is 2.00 bits per heavy atom. The number of alkyl halides is 2. The molecule has 0 aliphatic carbocycles. The number of aromatic nitrogens is 3. The van der Waals surface area contributed by atoms with Crippen LogP contribution in [-0.4, -0.2) is 23.4 Å². The van der Waals surface area contributed by atoms with Crippen molar-refractivity contribution in [3.05, 3.63) is 28.9 Å². The molecule has 0 fully saturated rings. The van der Waals surface area contributed by atoms with Crippen molar-refractivity contribution in [1.82, 2.24) is 19.7 Å². The van der Waals surface area contributed by atoms with Crippen LogP contribution in [-0.2, 0) is 23.0 Å². The fourth-order valence-corrected chi connectivity index (χ4v) is 3.81. The Hall–Kier alpha value is -1.81. The second-order valence-corrected chi connectivity index (χ2v) is 7.63. The third-order valence-corrected chi connectivity index (χ3v) is 5.03. The average molecular weight is 362 g/mol. The lowest BCUT2D eigenvalue weighted by atomic mass is 10.1. The highest BCUT2D eigenvalue weighted by Crippen LogP contribution is 2.23. The van der Waals surface area contributed by atoms with Gasteiger partial charge in [-0.2, -0.15) is 13.9 Å². The molecule has 0 bridgehead atoms. The van der Waals surface area contributed by atoms with Crippen LogP contribution in [0.5, 0.6) is 0 Å². The molecule has 134 valence electrons. The highest BCUT2D eigenvalue weighted by atomic mass is 32.2. The molecular formula is C14H20F2N4O3S. The van der Waals surface area contributed by atoms with Crippen LogP contribution in [0.4, 0.5) is 8.78 Å². The molecule has 7 nitrogen and oxygen atoms in total. The summed E-state index contributed by atoms with van der Waals surface area (Å²) in [6.07, 6.45) is 0.718. The molecule has 0 atom stereocenters. The monoisotopic (exact) mass is 362 g/mol. The standard InChI is InChI=1S/C14H20F2N4O3S/c1-8(2)5-11-6-12(23-19-11)7-17-24(21,22)13-9(3)18-20(10(13)4)14(15)16/h6,8,14,17H,5,7H2,1-4H3. The topological polar surface area (TPSA) is 90.0 Å². The van der Waals surface area contributed by atoms with E-state index in [1.165, 1.54) is 13.8 Å². The first-order chi connectivity index (χ1) is 11.1. The number of nitrogens with one attached hydrogen (secondary N) is 1. The van der Waals surface area contributed by atoms with Crippen molar-refractivity contribution in [2.45, 2.75) is 52.1 Å². The molecule has 0 radical (unpaired) electrons. The number of sulfonamides is 1. The smallest absolute Gasteiger partial charge is 0.333 e. The van der Waals surface area contributed by atoms with E-state index in [0.29, 0.717) is 16.4 Å². The van der Waals surface area contributed by atoms with E-state index in [1.807, 2.05) is 13.8 Å². The fraction of sp³-hybridized carbons (Fsp3) is 0.571. The summed E-state index contributed by atoms with van der Waals surface area (Å²) >= 11 is 0. The molecule has 0 unspecified atom stereocenters. The Balaban J connectivity index is 2.16. The van der Waals surface area contributed by atoms with Crippen molar-refractivity contribution in [3.63, 3.8) is 0 Å². The van der Waals surface area contributed by atoms with Gasteiger partial charge in [0.05, 0.1) is 23.6 Å². The largest absolute Gasteiger partial charge is 0.360 e. The third kappa shape index (κ3) is 3.99. The summed E-state index contributed by atoms with van der Waals surface area (Å²) in [5.41, 5.74) is 0.628. The minimum Gasteiger partial charge on any atom is -0.360 e. The van der Waals surface area contributed by atoms with E-state index in [4.69, 9.17) is 4.52 Å². The highest BCUT2D eigenvalue weighted by Gasteiger charge is 2.27. The molecule has 24 heavy (non-hydrogen) atoms. The van der Waals surface area contributed by atoms with Crippen LogP contribution in [0.15, 0.2) is 15.5 Å². The normalized spacial score (nSPS) is 12.5. The molecule has 1 N–H and O–H groups in total. The van der Waals surface area contributed by atoms with Gasteiger partial charge in [0, 0.05) is 6.07 Å². The first kappa shape index (κ1) is 18.5. The van der Waals surface area contributed by atoms with Gasteiger partial charge < -0.3 is 4.52 Å². The van der Waals surface area contributed by atoms with Crippen LogP contribution in [0.2, 0.25) is 0 Å². The lowest BCUT2D eigenvalue weighted by molar-refractivity contribution is 0.0538. The maximum Gasteiger partial charge on any atom is 0.333 e. The van der Waals surface area contributed by atoms with Gasteiger partial charge in [0.2, 0.25) is 10.0 Å². The van der Waals surface area contributed by atoms with E-state index < -0.39 is 16.6 Å². The van der Waals surface area contributed by atoms with Crippen molar-refractivity contribution in [2.75, 3.05) is 0 Å². The Morgan fingerprint density at radius 3 is 2.54 bits per heavy atom. The second kappa shape index (κ2) is 6.98. The van der Waals surface area contributed by atoms with Crippen LogP contribution < -0.4 is 4.72 Å². The van der Waals surface area contributed by atoms with Gasteiger partial charge in [-0.1, -0.05) is 19.0 Å². The van der Waals surface area contributed by atoms with E-state index in [0.717, 1.165) is 12.1 Å².